The van der Waals surface area contributed by atoms with Gasteiger partial charge in [0.2, 0.25) is 5.95 Å². The highest BCUT2D eigenvalue weighted by Crippen LogP contribution is 2.22. The molecule has 0 saturated carbocycles. The van der Waals surface area contributed by atoms with Crippen LogP contribution in [0.1, 0.15) is 33.6 Å². The SMILES string of the molecule is CC(C)(C)OC(=O)Nc1nccc(N2CCC(C(=O)O)CC2)n1. The van der Waals surface area contributed by atoms with Crippen molar-refractivity contribution in [1.82, 2.24) is 9.97 Å². The number of nitrogens with zero attached hydrogens (tertiary/aromatic N) is 3. The van der Waals surface area contributed by atoms with Crippen LogP contribution in [-0.4, -0.2) is 45.8 Å². The lowest BCUT2D eigenvalue weighted by Gasteiger charge is -2.31. The zero-order valence-corrected chi connectivity index (χ0v) is 13.6. The Hall–Kier alpha value is -2.38. The maximum atomic E-state index is 11.7. The number of anilines is 2. The Balaban J connectivity index is 1.98. The van der Waals surface area contributed by atoms with Crippen LogP contribution in [0.5, 0.6) is 0 Å². The van der Waals surface area contributed by atoms with Crippen molar-refractivity contribution >= 4 is 23.8 Å². The molecule has 1 fully saturated rings. The van der Waals surface area contributed by atoms with Gasteiger partial charge >= 0.3 is 12.1 Å². The lowest BCUT2D eigenvalue weighted by Crippen LogP contribution is -2.37. The van der Waals surface area contributed by atoms with Crippen LogP contribution in [0.2, 0.25) is 0 Å². The summed E-state index contributed by atoms with van der Waals surface area (Å²) < 4.78 is 5.16. The maximum Gasteiger partial charge on any atom is 0.414 e. The van der Waals surface area contributed by atoms with E-state index in [0.717, 1.165) is 0 Å². The highest BCUT2D eigenvalue weighted by atomic mass is 16.6. The van der Waals surface area contributed by atoms with E-state index in [2.05, 4.69) is 15.3 Å². The molecule has 1 saturated heterocycles. The molecule has 23 heavy (non-hydrogen) atoms. The number of carboxylic acid groups (broad SMARTS) is 1. The second-order valence-corrected chi connectivity index (χ2v) is 6.46. The minimum absolute atomic E-state index is 0.164. The van der Waals surface area contributed by atoms with E-state index in [9.17, 15) is 9.59 Å². The summed E-state index contributed by atoms with van der Waals surface area (Å²) in [7, 11) is 0. The van der Waals surface area contributed by atoms with Crippen LogP contribution in [0, 0.1) is 5.92 Å². The van der Waals surface area contributed by atoms with Crippen molar-refractivity contribution in [2.24, 2.45) is 5.92 Å². The molecule has 2 rings (SSSR count). The molecule has 0 aromatic carbocycles. The summed E-state index contributed by atoms with van der Waals surface area (Å²) in [5.74, 6) is -0.223. The van der Waals surface area contributed by atoms with Crippen molar-refractivity contribution in [1.29, 1.82) is 0 Å². The Labute approximate surface area is 134 Å². The van der Waals surface area contributed by atoms with E-state index in [1.165, 1.54) is 0 Å². The van der Waals surface area contributed by atoms with Crippen LogP contribution < -0.4 is 10.2 Å². The molecule has 1 amide bonds. The normalized spacial score (nSPS) is 16.0. The van der Waals surface area contributed by atoms with Gasteiger partial charge in [0, 0.05) is 19.3 Å². The fraction of sp³-hybridized carbons (Fsp3) is 0.600. The molecule has 1 aliphatic rings. The van der Waals surface area contributed by atoms with E-state index >= 15 is 0 Å². The number of carboxylic acids is 1. The minimum atomic E-state index is -0.750. The third kappa shape index (κ3) is 5.08. The molecule has 126 valence electrons. The molecule has 8 nitrogen and oxygen atoms in total. The molecule has 0 spiro atoms. The first kappa shape index (κ1) is 17.0. The monoisotopic (exact) mass is 322 g/mol. The van der Waals surface area contributed by atoms with Gasteiger partial charge in [0.1, 0.15) is 11.4 Å². The predicted octanol–water partition coefficient (Wildman–Crippen LogP) is 2.12. The second kappa shape index (κ2) is 6.80. The van der Waals surface area contributed by atoms with Gasteiger partial charge in [-0.15, -0.1) is 0 Å². The maximum absolute atomic E-state index is 11.7. The second-order valence-electron chi connectivity index (χ2n) is 6.46. The Morgan fingerprint density at radius 1 is 1.35 bits per heavy atom. The minimum Gasteiger partial charge on any atom is -0.481 e. The van der Waals surface area contributed by atoms with Crippen molar-refractivity contribution in [3.8, 4) is 0 Å². The number of ether oxygens (including phenoxy) is 1. The average Bonchev–Trinajstić information content (AvgIpc) is 2.45. The summed E-state index contributed by atoms with van der Waals surface area (Å²) in [6.45, 7) is 6.54. The van der Waals surface area contributed by atoms with Gasteiger partial charge in [0.05, 0.1) is 5.92 Å². The highest BCUT2D eigenvalue weighted by Gasteiger charge is 2.25. The first-order valence-corrected chi connectivity index (χ1v) is 7.55. The van der Waals surface area contributed by atoms with Crippen molar-refractivity contribution in [2.75, 3.05) is 23.3 Å². The summed E-state index contributed by atoms with van der Waals surface area (Å²) in [4.78, 5) is 33.0. The Morgan fingerprint density at radius 2 is 2.00 bits per heavy atom. The van der Waals surface area contributed by atoms with Gasteiger partial charge in [0.25, 0.3) is 0 Å². The van der Waals surface area contributed by atoms with Crippen molar-refractivity contribution in [3.63, 3.8) is 0 Å². The van der Waals surface area contributed by atoms with Crippen LogP contribution in [0.4, 0.5) is 16.6 Å². The largest absolute Gasteiger partial charge is 0.481 e. The van der Waals surface area contributed by atoms with Crippen LogP contribution in [0.25, 0.3) is 0 Å². The number of hydrogen-bond donors (Lipinski definition) is 2. The van der Waals surface area contributed by atoms with Gasteiger partial charge in [-0.2, -0.15) is 4.98 Å². The highest BCUT2D eigenvalue weighted by molar-refractivity contribution is 5.82. The molecule has 1 aromatic rings. The van der Waals surface area contributed by atoms with Gasteiger partial charge in [-0.25, -0.2) is 9.78 Å². The number of rotatable bonds is 3. The summed E-state index contributed by atoms with van der Waals surface area (Å²) in [5, 5.41) is 11.5. The smallest absolute Gasteiger partial charge is 0.414 e. The third-order valence-corrected chi connectivity index (χ3v) is 3.42. The summed E-state index contributed by atoms with van der Waals surface area (Å²) in [6.07, 6.45) is 2.10. The van der Waals surface area contributed by atoms with Crippen LogP contribution in [0.15, 0.2) is 12.3 Å². The molecule has 0 radical (unpaired) electrons. The molecule has 0 unspecified atom stereocenters. The van der Waals surface area contributed by atoms with E-state index < -0.39 is 17.7 Å². The Morgan fingerprint density at radius 3 is 2.57 bits per heavy atom. The molecule has 0 aliphatic carbocycles. The van der Waals surface area contributed by atoms with Crippen LogP contribution in [0.3, 0.4) is 0 Å². The molecule has 0 bridgehead atoms. The van der Waals surface area contributed by atoms with E-state index in [1.807, 2.05) is 4.90 Å². The molecule has 1 aromatic heterocycles. The average molecular weight is 322 g/mol. The summed E-state index contributed by atoms with van der Waals surface area (Å²) in [5.41, 5.74) is -0.597. The molecule has 2 N–H and O–H groups in total. The third-order valence-electron chi connectivity index (χ3n) is 3.42. The number of carbonyl (C=O) groups excluding carboxylic acids is 1. The number of carbonyl (C=O) groups is 2. The zero-order valence-electron chi connectivity index (χ0n) is 13.6. The lowest BCUT2D eigenvalue weighted by molar-refractivity contribution is -0.142. The zero-order chi connectivity index (χ0) is 17.0. The quantitative estimate of drug-likeness (QED) is 0.878. The van der Waals surface area contributed by atoms with Gasteiger partial charge in [-0.05, 0) is 39.7 Å². The fourth-order valence-electron chi connectivity index (χ4n) is 2.34. The molecular weight excluding hydrogens is 300 g/mol. The number of piperidine rings is 1. The lowest BCUT2D eigenvalue weighted by atomic mass is 9.97. The molecule has 1 aliphatic heterocycles. The number of aliphatic carboxylic acids is 1. The van der Waals surface area contributed by atoms with Gasteiger partial charge in [-0.1, -0.05) is 0 Å². The first-order valence-electron chi connectivity index (χ1n) is 7.55. The van der Waals surface area contributed by atoms with Gasteiger partial charge in [0.15, 0.2) is 0 Å². The number of aromatic nitrogens is 2. The Kier molecular flexibility index (Phi) is 5.02. The molecular formula is C15H22N4O4. The first-order chi connectivity index (χ1) is 10.7. The molecule has 2 heterocycles. The predicted molar refractivity (Wildman–Crippen MR) is 84.5 cm³/mol. The van der Waals surface area contributed by atoms with Gasteiger partial charge in [-0.3, -0.25) is 10.1 Å². The number of hydrogen-bond acceptors (Lipinski definition) is 6. The molecule has 8 heteroatoms. The van der Waals surface area contributed by atoms with E-state index in [4.69, 9.17) is 9.84 Å². The topological polar surface area (TPSA) is 105 Å². The van der Waals surface area contributed by atoms with Crippen molar-refractivity contribution in [3.05, 3.63) is 12.3 Å². The summed E-state index contributed by atoms with van der Waals surface area (Å²) >= 11 is 0. The fourth-order valence-corrected chi connectivity index (χ4v) is 2.34. The van der Waals surface area contributed by atoms with Crippen LogP contribution in [-0.2, 0) is 9.53 Å². The Bertz CT molecular complexity index is 577. The van der Waals surface area contributed by atoms with E-state index in [1.54, 1.807) is 33.0 Å². The summed E-state index contributed by atoms with van der Waals surface area (Å²) in [6, 6.07) is 1.74. The van der Waals surface area contributed by atoms with Gasteiger partial charge < -0.3 is 14.7 Å². The standard InChI is InChI=1S/C15H22N4O4/c1-15(2,3)23-14(22)18-13-16-7-4-11(17-13)19-8-5-10(6-9-19)12(20)21/h4,7,10H,5-6,8-9H2,1-3H3,(H,20,21)(H,16,17,18,22). The number of amides is 1. The number of nitrogens with one attached hydrogen (secondary N) is 1. The molecule has 0 atom stereocenters. The van der Waals surface area contributed by atoms with E-state index in [-0.39, 0.29) is 11.9 Å². The van der Waals surface area contributed by atoms with Crippen LogP contribution >= 0.6 is 0 Å². The van der Waals surface area contributed by atoms with Crippen molar-refractivity contribution < 1.29 is 19.4 Å². The van der Waals surface area contributed by atoms with E-state index in [0.29, 0.717) is 31.7 Å². The van der Waals surface area contributed by atoms with Crippen molar-refractivity contribution in [2.45, 2.75) is 39.2 Å².